The first-order chi connectivity index (χ1) is 23.5. The number of carbonyl (C=O) groups excluding carboxylic acids is 4. The summed E-state index contributed by atoms with van der Waals surface area (Å²) in [6.45, 7) is 5.87. The van der Waals surface area contributed by atoms with Crippen LogP contribution in [0.25, 0.3) is 0 Å². The van der Waals surface area contributed by atoms with Gasteiger partial charge >= 0.3 is 11.9 Å². The van der Waals surface area contributed by atoms with Crippen molar-refractivity contribution in [2.24, 2.45) is 17.3 Å². The number of hydrogen-bond donors (Lipinski definition) is 2. The van der Waals surface area contributed by atoms with Crippen molar-refractivity contribution >= 4 is 35.4 Å². The fraction of sp³-hybridized carbons (Fsp3) is 0.526. The lowest BCUT2D eigenvalue weighted by Gasteiger charge is -2.31. The molecule has 2 N–H and O–H groups in total. The number of amides is 2. The number of methoxy groups -OCH3 is 1. The van der Waals surface area contributed by atoms with Gasteiger partial charge < -0.3 is 29.6 Å². The molecule has 6 atom stereocenters. The van der Waals surface area contributed by atoms with E-state index in [9.17, 15) is 19.2 Å². The summed E-state index contributed by atoms with van der Waals surface area (Å²) in [4.78, 5) is 54.6. The molecule has 1 aliphatic carbocycles. The lowest BCUT2D eigenvalue weighted by Crippen LogP contribution is -2.51. The van der Waals surface area contributed by atoms with Crippen molar-refractivity contribution < 1.29 is 38.1 Å². The third-order valence-electron chi connectivity index (χ3n) is 9.74. The second kappa shape index (κ2) is 16.2. The smallest absolute Gasteiger partial charge is 0.347 e. The Labute approximate surface area is 293 Å². The van der Waals surface area contributed by atoms with E-state index in [4.69, 9.17) is 30.5 Å². The number of esters is 2. The number of nitrogens with one attached hydrogen (secondary N) is 2. The average Bonchev–Trinajstić information content (AvgIpc) is 3.73. The molecule has 0 unspecified atom stereocenters. The summed E-state index contributed by atoms with van der Waals surface area (Å²) in [6.07, 6.45) is 4.07. The highest BCUT2D eigenvalue weighted by Gasteiger charge is 2.48. The third-order valence-corrected chi connectivity index (χ3v) is 10.0. The van der Waals surface area contributed by atoms with Crippen LogP contribution in [0.15, 0.2) is 60.7 Å². The summed E-state index contributed by atoms with van der Waals surface area (Å²) >= 11 is 6.36. The molecule has 5 rings (SSSR count). The Balaban J connectivity index is 1.43. The molecule has 2 aromatic carbocycles. The predicted octanol–water partition coefficient (Wildman–Crippen LogP) is 5.66. The van der Waals surface area contributed by atoms with Gasteiger partial charge in [0.25, 0.3) is 0 Å². The normalized spacial score (nSPS) is 27.5. The fourth-order valence-electron chi connectivity index (χ4n) is 6.81. The van der Waals surface area contributed by atoms with Gasteiger partial charge in [-0.05, 0) is 54.5 Å². The van der Waals surface area contributed by atoms with Gasteiger partial charge in [-0.2, -0.15) is 0 Å². The Morgan fingerprint density at radius 3 is 2.41 bits per heavy atom. The molecule has 49 heavy (non-hydrogen) atoms. The van der Waals surface area contributed by atoms with E-state index in [2.05, 4.69) is 10.6 Å². The van der Waals surface area contributed by atoms with Crippen LogP contribution in [0.1, 0.15) is 76.5 Å². The molecule has 0 aromatic heterocycles. The van der Waals surface area contributed by atoms with E-state index in [1.165, 1.54) is 13.2 Å². The van der Waals surface area contributed by atoms with Crippen LogP contribution in [0.4, 0.5) is 0 Å². The molecule has 11 heteroatoms. The molecule has 0 bridgehead atoms. The van der Waals surface area contributed by atoms with Crippen LogP contribution in [0.5, 0.6) is 5.75 Å². The quantitative estimate of drug-likeness (QED) is 0.267. The van der Waals surface area contributed by atoms with E-state index in [0.29, 0.717) is 29.2 Å². The Bertz CT molecular complexity index is 1520. The maximum Gasteiger partial charge on any atom is 0.347 e. The van der Waals surface area contributed by atoms with Crippen molar-refractivity contribution in [1.82, 2.24) is 10.6 Å². The topological polar surface area (TPSA) is 133 Å². The van der Waals surface area contributed by atoms with Crippen molar-refractivity contribution in [3.05, 3.63) is 76.8 Å². The standard InChI is InChI=1S/C38H47ClN2O8/c1-23(2)19-31-36(44)47-29(24(3)33-34(49-33)26-11-6-5-7-12-26)13-10-14-32(42)41-28(21-25-15-16-30(46-4)27(39)20-25)35(43)40-22-38(37(45)48-31)17-8-9-18-38/h5-7,10-12,14-16,20,23-24,28-29,31,33-34H,8-9,13,17-19,21-22H2,1-4H3,(H,40,43)(H,41,42)/b14-10+/t24-,28+,29-,31-,33+,34+/m0/s1. The molecule has 2 fully saturated rings. The predicted molar refractivity (Wildman–Crippen MR) is 184 cm³/mol. The number of ether oxygens (including phenoxy) is 4. The minimum atomic E-state index is -1.12. The monoisotopic (exact) mass is 694 g/mol. The Morgan fingerprint density at radius 1 is 1.00 bits per heavy atom. The molecule has 3 aliphatic rings. The lowest BCUT2D eigenvalue weighted by atomic mass is 9.85. The first-order valence-corrected chi connectivity index (χ1v) is 17.6. The second-order valence-electron chi connectivity index (χ2n) is 13.9. The molecule has 10 nitrogen and oxygen atoms in total. The number of halogens is 1. The number of cyclic esters (lactones) is 2. The maximum atomic E-state index is 13.9. The van der Waals surface area contributed by atoms with Gasteiger partial charge in [-0.15, -0.1) is 0 Å². The van der Waals surface area contributed by atoms with Gasteiger partial charge in [0.05, 0.1) is 23.7 Å². The highest BCUT2D eigenvalue weighted by Crippen LogP contribution is 2.45. The zero-order chi connectivity index (χ0) is 35.1. The van der Waals surface area contributed by atoms with Gasteiger partial charge in [-0.25, -0.2) is 4.79 Å². The highest BCUT2D eigenvalue weighted by molar-refractivity contribution is 6.32. The largest absolute Gasteiger partial charge is 0.495 e. The number of rotatable bonds is 8. The Kier molecular flexibility index (Phi) is 12.0. The molecule has 2 aliphatic heterocycles. The van der Waals surface area contributed by atoms with E-state index >= 15 is 0 Å². The maximum absolute atomic E-state index is 13.9. The number of hydrogen-bond acceptors (Lipinski definition) is 8. The van der Waals surface area contributed by atoms with Crippen molar-refractivity contribution in [2.45, 2.75) is 96.2 Å². The van der Waals surface area contributed by atoms with Crippen molar-refractivity contribution in [3.63, 3.8) is 0 Å². The summed E-state index contributed by atoms with van der Waals surface area (Å²) in [5.41, 5.74) is 0.747. The number of epoxide rings is 1. The molecule has 2 amide bonds. The zero-order valence-electron chi connectivity index (χ0n) is 28.6. The van der Waals surface area contributed by atoms with Crippen molar-refractivity contribution in [3.8, 4) is 5.75 Å². The molecule has 2 aromatic rings. The van der Waals surface area contributed by atoms with Crippen molar-refractivity contribution in [1.29, 1.82) is 0 Å². The van der Waals surface area contributed by atoms with Crippen LogP contribution in [0.2, 0.25) is 5.02 Å². The van der Waals surface area contributed by atoms with Crippen LogP contribution in [0, 0.1) is 17.3 Å². The van der Waals surface area contributed by atoms with E-state index in [-0.39, 0.29) is 49.9 Å². The van der Waals surface area contributed by atoms with Crippen LogP contribution in [-0.4, -0.2) is 61.8 Å². The molecule has 1 spiro atoms. The minimum Gasteiger partial charge on any atom is -0.495 e. The van der Waals surface area contributed by atoms with E-state index in [0.717, 1.165) is 18.4 Å². The highest BCUT2D eigenvalue weighted by atomic mass is 35.5. The Hall–Kier alpha value is -3.89. The molecule has 0 radical (unpaired) electrons. The van der Waals surface area contributed by atoms with Crippen LogP contribution < -0.4 is 15.4 Å². The summed E-state index contributed by atoms with van der Waals surface area (Å²) in [5, 5.41) is 6.12. The summed E-state index contributed by atoms with van der Waals surface area (Å²) in [7, 11) is 1.52. The van der Waals surface area contributed by atoms with Gasteiger partial charge in [0.1, 0.15) is 24.0 Å². The SMILES string of the molecule is COc1ccc(C[C@H]2NC(=O)/C=C/C[C@@H]([C@H](C)[C@H]3O[C@@H]3c3ccccc3)OC(=O)[C@H](CC(C)C)OC(=O)C3(CCCC3)CNC2=O)cc1Cl. The molecule has 264 valence electrons. The number of carbonyl (C=O) groups is 4. The van der Waals surface area contributed by atoms with Gasteiger partial charge in [-0.3, -0.25) is 14.4 Å². The average molecular weight is 695 g/mol. The lowest BCUT2D eigenvalue weighted by molar-refractivity contribution is -0.180. The molecule has 2 heterocycles. The molecule has 1 saturated heterocycles. The summed E-state index contributed by atoms with van der Waals surface area (Å²) < 4.78 is 23.4. The zero-order valence-corrected chi connectivity index (χ0v) is 29.4. The first kappa shape index (κ1) is 36.4. The summed E-state index contributed by atoms with van der Waals surface area (Å²) in [5.74, 6) is -1.79. The van der Waals surface area contributed by atoms with Crippen molar-refractivity contribution in [2.75, 3.05) is 13.7 Å². The van der Waals surface area contributed by atoms with Gasteiger partial charge in [0.2, 0.25) is 11.8 Å². The van der Waals surface area contributed by atoms with Crippen LogP contribution >= 0.6 is 11.6 Å². The van der Waals surface area contributed by atoms with E-state index in [1.54, 1.807) is 24.3 Å². The minimum absolute atomic E-state index is 0.0131. The van der Waals surface area contributed by atoms with Crippen LogP contribution in [0.3, 0.4) is 0 Å². The van der Waals surface area contributed by atoms with Crippen LogP contribution in [-0.2, 0) is 39.8 Å². The Morgan fingerprint density at radius 2 is 1.73 bits per heavy atom. The van der Waals surface area contributed by atoms with E-state index in [1.807, 2.05) is 51.1 Å². The first-order valence-electron chi connectivity index (χ1n) is 17.2. The number of benzene rings is 2. The van der Waals surface area contributed by atoms with Gasteiger partial charge in [0.15, 0.2) is 6.10 Å². The third kappa shape index (κ3) is 9.22. The molecular formula is C38H47ClN2O8. The summed E-state index contributed by atoms with van der Waals surface area (Å²) in [6, 6.07) is 14.1. The van der Waals surface area contributed by atoms with Gasteiger partial charge in [-0.1, -0.05) is 87.7 Å². The fourth-order valence-corrected chi connectivity index (χ4v) is 7.09. The second-order valence-corrected chi connectivity index (χ2v) is 14.3. The molecular weight excluding hydrogens is 648 g/mol. The molecule has 1 saturated carbocycles. The van der Waals surface area contributed by atoms with Gasteiger partial charge in [0, 0.05) is 25.3 Å². The van der Waals surface area contributed by atoms with E-state index < -0.39 is 47.4 Å².